The molecule has 2 amide bonds. The van der Waals surface area contributed by atoms with Crippen LogP contribution in [0.2, 0.25) is 0 Å². The molecule has 0 saturated carbocycles. The summed E-state index contributed by atoms with van der Waals surface area (Å²) in [6.45, 7) is 4.29. The summed E-state index contributed by atoms with van der Waals surface area (Å²) in [6, 6.07) is 15.8. The van der Waals surface area contributed by atoms with Crippen molar-refractivity contribution in [1.29, 1.82) is 0 Å². The van der Waals surface area contributed by atoms with Gasteiger partial charge in [-0.2, -0.15) is 0 Å². The van der Waals surface area contributed by atoms with Crippen molar-refractivity contribution in [3.63, 3.8) is 0 Å². The van der Waals surface area contributed by atoms with Gasteiger partial charge in [0.05, 0.1) is 0 Å². The molecule has 0 bridgehead atoms. The Bertz CT molecular complexity index is 661. The number of carbonyl (C=O) groups is 2. The van der Waals surface area contributed by atoms with Gasteiger partial charge in [-0.3, -0.25) is 9.59 Å². The number of nitrogens with one attached hydrogen (secondary N) is 2. The molecule has 0 atom stereocenters. The zero-order valence-electron chi connectivity index (χ0n) is 13.6. The monoisotopic (exact) mass is 310 g/mol. The van der Waals surface area contributed by atoms with Crippen LogP contribution < -0.4 is 10.6 Å². The fourth-order valence-electron chi connectivity index (χ4n) is 2.40. The van der Waals surface area contributed by atoms with E-state index in [0.717, 1.165) is 24.0 Å². The number of para-hydroxylation sites is 1. The molecule has 0 spiro atoms. The quantitative estimate of drug-likeness (QED) is 0.659. The predicted octanol–water partition coefficient (Wildman–Crippen LogP) is 2.99. The van der Waals surface area contributed by atoms with Gasteiger partial charge >= 0.3 is 11.8 Å². The summed E-state index contributed by atoms with van der Waals surface area (Å²) < 4.78 is 0. The zero-order valence-corrected chi connectivity index (χ0v) is 13.6. The minimum Gasteiger partial charge on any atom is -0.348 e. The first-order chi connectivity index (χ1) is 11.1. The molecule has 2 rings (SSSR count). The van der Waals surface area contributed by atoms with Gasteiger partial charge in [0.15, 0.2) is 0 Å². The van der Waals surface area contributed by atoms with Crippen LogP contribution in [0.1, 0.15) is 23.1 Å². The molecular weight excluding hydrogens is 288 g/mol. The van der Waals surface area contributed by atoms with Gasteiger partial charge in [0.25, 0.3) is 0 Å². The van der Waals surface area contributed by atoms with Gasteiger partial charge in [0.1, 0.15) is 0 Å². The molecule has 0 radical (unpaired) electrons. The number of anilines is 1. The topological polar surface area (TPSA) is 58.2 Å². The van der Waals surface area contributed by atoms with Crippen LogP contribution in [0.5, 0.6) is 0 Å². The van der Waals surface area contributed by atoms with Crippen LogP contribution in [0.25, 0.3) is 0 Å². The highest BCUT2D eigenvalue weighted by Gasteiger charge is 2.14. The molecule has 23 heavy (non-hydrogen) atoms. The molecular formula is C19H22N2O2. The molecule has 0 aromatic heterocycles. The van der Waals surface area contributed by atoms with Crippen molar-refractivity contribution in [2.75, 3.05) is 11.9 Å². The summed E-state index contributed by atoms with van der Waals surface area (Å²) in [5.74, 6) is -1.22. The maximum Gasteiger partial charge on any atom is 0.313 e. The fourth-order valence-corrected chi connectivity index (χ4v) is 2.40. The van der Waals surface area contributed by atoms with E-state index in [1.54, 1.807) is 0 Å². The molecule has 2 aromatic carbocycles. The second-order valence-corrected chi connectivity index (χ2v) is 5.57. The summed E-state index contributed by atoms with van der Waals surface area (Å²) in [5.41, 5.74) is 3.81. The standard InChI is InChI=1S/C19H22N2O2/c1-14-8-6-9-15(2)17(14)21-19(23)18(22)20-13-7-12-16-10-4-3-5-11-16/h3-6,8-11H,7,12-13H2,1-2H3,(H,20,22)(H,21,23). The Morgan fingerprint density at radius 1 is 0.870 bits per heavy atom. The van der Waals surface area contributed by atoms with Crippen molar-refractivity contribution in [3.05, 3.63) is 65.2 Å². The van der Waals surface area contributed by atoms with Crippen LogP contribution in [-0.4, -0.2) is 18.4 Å². The lowest BCUT2D eigenvalue weighted by molar-refractivity contribution is -0.136. The summed E-state index contributed by atoms with van der Waals surface area (Å²) in [6.07, 6.45) is 1.67. The van der Waals surface area contributed by atoms with Crippen LogP contribution in [0.4, 0.5) is 5.69 Å². The first-order valence-electron chi connectivity index (χ1n) is 7.77. The third-order valence-electron chi connectivity index (χ3n) is 3.70. The molecule has 0 fully saturated rings. The second kappa shape index (κ2) is 8.13. The van der Waals surface area contributed by atoms with Crippen LogP contribution >= 0.6 is 0 Å². The van der Waals surface area contributed by atoms with Gasteiger partial charge in [-0.05, 0) is 43.4 Å². The number of amides is 2. The number of benzene rings is 2. The minimum absolute atomic E-state index is 0.480. The van der Waals surface area contributed by atoms with Gasteiger partial charge in [0.2, 0.25) is 0 Å². The Kier molecular flexibility index (Phi) is 5.92. The van der Waals surface area contributed by atoms with Crippen LogP contribution in [-0.2, 0) is 16.0 Å². The Morgan fingerprint density at radius 3 is 2.17 bits per heavy atom. The summed E-state index contributed by atoms with van der Waals surface area (Å²) in [5, 5.41) is 5.35. The van der Waals surface area contributed by atoms with E-state index in [1.807, 2.05) is 50.2 Å². The van der Waals surface area contributed by atoms with E-state index in [4.69, 9.17) is 0 Å². The van der Waals surface area contributed by atoms with Crippen molar-refractivity contribution in [3.8, 4) is 0 Å². The summed E-state index contributed by atoms with van der Waals surface area (Å²) >= 11 is 0. The number of carbonyl (C=O) groups excluding carboxylic acids is 2. The SMILES string of the molecule is Cc1cccc(C)c1NC(=O)C(=O)NCCCc1ccccc1. The van der Waals surface area contributed by atoms with Gasteiger partial charge in [-0.1, -0.05) is 48.5 Å². The molecule has 0 heterocycles. The van der Waals surface area contributed by atoms with Crippen LogP contribution in [0.3, 0.4) is 0 Å². The molecule has 0 unspecified atom stereocenters. The van der Waals surface area contributed by atoms with E-state index in [2.05, 4.69) is 22.8 Å². The maximum atomic E-state index is 12.0. The van der Waals surface area contributed by atoms with Gasteiger partial charge in [-0.15, -0.1) is 0 Å². The Morgan fingerprint density at radius 2 is 1.52 bits per heavy atom. The van der Waals surface area contributed by atoms with E-state index in [9.17, 15) is 9.59 Å². The molecule has 2 aromatic rings. The smallest absolute Gasteiger partial charge is 0.313 e. The molecule has 2 N–H and O–H groups in total. The van der Waals surface area contributed by atoms with E-state index < -0.39 is 11.8 Å². The Hall–Kier alpha value is -2.62. The van der Waals surface area contributed by atoms with Crippen molar-refractivity contribution < 1.29 is 9.59 Å². The van der Waals surface area contributed by atoms with Crippen molar-refractivity contribution in [2.45, 2.75) is 26.7 Å². The largest absolute Gasteiger partial charge is 0.348 e. The van der Waals surface area contributed by atoms with Crippen molar-refractivity contribution >= 4 is 17.5 Å². The molecule has 0 saturated heterocycles. The van der Waals surface area contributed by atoms with Gasteiger partial charge in [-0.25, -0.2) is 0 Å². The average molecular weight is 310 g/mol. The van der Waals surface area contributed by atoms with E-state index >= 15 is 0 Å². The normalized spacial score (nSPS) is 10.2. The van der Waals surface area contributed by atoms with Gasteiger partial charge in [0, 0.05) is 12.2 Å². The second-order valence-electron chi connectivity index (χ2n) is 5.57. The molecule has 0 aliphatic heterocycles. The fraction of sp³-hybridized carbons (Fsp3) is 0.263. The summed E-state index contributed by atoms with van der Waals surface area (Å²) in [4.78, 5) is 23.8. The lowest BCUT2D eigenvalue weighted by atomic mass is 10.1. The van der Waals surface area contributed by atoms with Crippen molar-refractivity contribution in [1.82, 2.24) is 5.32 Å². The minimum atomic E-state index is -0.623. The highest BCUT2D eigenvalue weighted by molar-refractivity contribution is 6.39. The first-order valence-corrected chi connectivity index (χ1v) is 7.77. The third kappa shape index (κ3) is 4.95. The number of hydrogen-bond acceptors (Lipinski definition) is 2. The molecule has 4 heteroatoms. The lowest BCUT2D eigenvalue weighted by Crippen LogP contribution is -2.36. The number of aryl methyl sites for hydroxylation is 3. The van der Waals surface area contributed by atoms with Crippen LogP contribution in [0, 0.1) is 13.8 Å². The predicted molar refractivity (Wildman–Crippen MR) is 92.3 cm³/mol. The van der Waals surface area contributed by atoms with Crippen LogP contribution in [0.15, 0.2) is 48.5 Å². The summed E-state index contributed by atoms with van der Waals surface area (Å²) in [7, 11) is 0. The highest BCUT2D eigenvalue weighted by atomic mass is 16.2. The Labute approximate surface area is 136 Å². The molecule has 120 valence electrons. The third-order valence-corrected chi connectivity index (χ3v) is 3.70. The van der Waals surface area contributed by atoms with Crippen molar-refractivity contribution in [2.24, 2.45) is 0 Å². The number of rotatable bonds is 5. The molecule has 0 aliphatic rings. The zero-order chi connectivity index (χ0) is 16.7. The van der Waals surface area contributed by atoms with E-state index in [-0.39, 0.29) is 0 Å². The molecule has 0 aliphatic carbocycles. The number of hydrogen-bond donors (Lipinski definition) is 2. The lowest BCUT2D eigenvalue weighted by Gasteiger charge is -2.11. The first kappa shape index (κ1) is 16.7. The molecule has 4 nitrogen and oxygen atoms in total. The maximum absolute atomic E-state index is 12.0. The highest BCUT2D eigenvalue weighted by Crippen LogP contribution is 2.19. The van der Waals surface area contributed by atoms with E-state index in [1.165, 1.54) is 5.56 Å². The average Bonchev–Trinajstić information content (AvgIpc) is 2.55. The van der Waals surface area contributed by atoms with Gasteiger partial charge < -0.3 is 10.6 Å². The Balaban J connectivity index is 1.78. The van der Waals surface area contributed by atoms with E-state index in [0.29, 0.717) is 12.2 Å².